The van der Waals surface area contributed by atoms with E-state index in [2.05, 4.69) is 27.7 Å². The van der Waals surface area contributed by atoms with Crippen molar-refractivity contribution in [1.82, 2.24) is 0 Å². The van der Waals surface area contributed by atoms with E-state index in [9.17, 15) is 19.8 Å². The standard InChI is InChI=1S/C27H44O5/c1-6-17-20-13-16(28)11-12-26(20,3)24-21(29)14-27(4)18(15(2)7-10-22(30)32-5)8-9-19(27)23(24)25(17)31/h15,17-21,23-25,29,31H,6-14H2,1-5H3/t15-,17-,18-,19?,20+,21?,23?,24?,25?,26+,27-/m1/s1. The predicted octanol–water partition coefficient (Wildman–Crippen LogP) is 4.38. The van der Waals surface area contributed by atoms with E-state index in [-0.39, 0.29) is 40.5 Å². The highest BCUT2D eigenvalue weighted by atomic mass is 16.5. The first-order valence-corrected chi connectivity index (χ1v) is 13.0. The number of carbonyl (C=O) groups excluding carboxylic acids is 2. The number of hydrogen-bond donors (Lipinski definition) is 2. The van der Waals surface area contributed by atoms with Gasteiger partial charge in [0.1, 0.15) is 5.78 Å². The number of fused-ring (bicyclic) bond motifs is 5. The molecule has 4 aliphatic carbocycles. The quantitative estimate of drug-likeness (QED) is 0.610. The maximum atomic E-state index is 12.4. The predicted molar refractivity (Wildman–Crippen MR) is 123 cm³/mol. The Morgan fingerprint density at radius 1 is 1.19 bits per heavy atom. The van der Waals surface area contributed by atoms with Crippen LogP contribution in [0.5, 0.6) is 0 Å². The van der Waals surface area contributed by atoms with Crippen molar-refractivity contribution in [2.45, 2.75) is 97.7 Å². The molecule has 182 valence electrons. The molecule has 0 saturated heterocycles. The van der Waals surface area contributed by atoms with Gasteiger partial charge in [-0.15, -0.1) is 0 Å². The van der Waals surface area contributed by atoms with Gasteiger partial charge >= 0.3 is 5.97 Å². The summed E-state index contributed by atoms with van der Waals surface area (Å²) in [5.74, 6) is 1.87. The molecule has 5 unspecified atom stereocenters. The maximum absolute atomic E-state index is 12.4. The van der Waals surface area contributed by atoms with Crippen LogP contribution in [0.4, 0.5) is 0 Å². The van der Waals surface area contributed by atoms with Crippen LogP contribution in [0, 0.1) is 52.3 Å². The van der Waals surface area contributed by atoms with Crippen LogP contribution in [0.2, 0.25) is 0 Å². The van der Waals surface area contributed by atoms with Crippen molar-refractivity contribution in [2.24, 2.45) is 52.3 Å². The van der Waals surface area contributed by atoms with Crippen LogP contribution < -0.4 is 0 Å². The fraction of sp³-hybridized carbons (Fsp3) is 0.926. The molecule has 4 fully saturated rings. The third kappa shape index (κ3) is 3.57. The zero-order valence-corrected chi connectivity index (χ0v) is 20.7. The monoisotopic (exact) mass is 448 g/mol. The van der Waals surface area contributed by atoms with Gasteiger partial charge in [-0.05, 0) is 84.4 Å². The summed E-state index contributed by atoms with van der Waals surface area (Å²) in [7, 11) is 1.44. The van der Waals surface area contributed by atoms with Crippen LogP contribution in [-0.2, 0) is 14.3 Å². The Kier molecular flexibility index (Phi) is 6.57. The Balaban J connectivity index is 1.64. The molecule has 32 heavy (non-hydrogen) atoms. The van der Waals surface area contributed by atoms with E-state index in [1.165, 1.54) is 7.11 Å². The summed E-state index contributed by atoms with van der Waals surface area (Å²) in [6, 6.07) is 0. The summed E-state index contributed by atoms with van der Waals surface area (Å²) in [5.41, 5.74) is -0.100. The molecule has 0 aromatic carbocycles. The molecule has 0 aromatic heterocycles. The molecular formula is C27H44O5. The van der Waals surface area contributed by atoms with Gasteiger partial charge < -0.3 is 14.9 Å². The molecular weight excluding hydrogens is 404 g/mol. The highest BCUT2D eigenvalue weighted by Gasteiger charge is 2.67. The normalized spacial score (nSPS) is 49.0. The van der Waals surface area contributed by atoms with Gasteiger partial charge in [-0.2, -0.15) is 0 Å². The maximum Gasteiger partial charge on any atom is 0.305 e. The third-order valence-corrected chi connectivity index (χ3v) is 11.0. The van der Waals surface area contributed by atoms with Gasteiger partial charge in [0.2, 0.25) is 0 Å². The Bertz CT molecular complexity index is 736. The number of Topliss-reactive ketones (excluding diaryl/α,β-unsaturated/α-hetero) is 1. The lowest BCUT2D eigenvalue weighted by atomic mass is 9.41. The van der Waals surface area contributed by atoms with Crippen LogP contribution in [-0.4, -0.2) is 41.3 Å². The summed E-state index contributed by atoms with van der Waals surface area (Å²) < 4.78 is 4.85. The minimum atomic E-state index is -0.447. The Morgan fingerprint density at radius 3 is 2.56 bits per heavy atom. The molecule has 0 amide bonds. The summed E-state index contributed by atoms with van der Waals surface area (Å²) in [5, 5.41) is 23.4. The molecule has 11 atom stereocenters. The Hall–Kier alpha value is -0.940. The van der Waals surface area contributed by atoms with Crippen molar-refractivity contribution in [1.29, 1.82) is 0 Å². The lowest BCUT2D eigenvalue weighted by Crippen LogP contribution is -2.65. The summed E-state index contributed by atoms with van der Waals surface area (Å²) in [6.45, 7) is 9.05. The number of methoxy groups -OCH3 is 1. The van der Waals surface area contributed by atoms with Gasteiger partial charge in [0.05, 0.1) is 19.3 Å². The van der Waals surface area contributed by atoms with Crippen molar-refractivity contribution < 1.29 is 24.5 Å². The first kappa shape index (κ1) is 24.2. The molecule has 2 N–H and O–H groups in total. The van der Waals surface area contributed by atoms with Gasteiger partial charge in [-0.25, -0.2) is 0 Å². The Labute approximate surface area is 193 Å². The average Bonchev–Trinajstić information content (AvgIpc) is 3.09. The zero-order chi connectivity index (χ0) is 23.4. The molecule has 0 radical (unpaired) electrons. The SMILES string of the molecule is CC[C@H]1C(O)C2C3CC[C@H]([C@H](C)CCC(=O)OC)[C@@]3(C)CC(O)C2[C@@]2(C)CCC(=O)C[C@@H]12. The highest BCUT2D eigenvalue weighted by molar-refractivity contribution is 5.79. The van der Waals surface area contributed by atoms with Crippen molar-refractivity contribution >= 4 is 11.8 Å². The van der Waals surface area contributed by atoms with Crippen molar-refractivity contribution in [3.05, 3.63) is 0 Å². The fourth-order valence-electron chi connectivity index (χ4n) is 9.50. The number of hydrogen-bond acceptors (Lipinski definition) is 5. The first-order chi connectivity index (χ1) is 15.1. The molecule has 0 aromatic rings. The molecule has 0 heterocycles. The van der Waals surface area contributed by atoms with E-state index in [1.807, 2.05) is 0 Å². The van der Waals surface area contributed by atoms with Gasteiger partial charge in [-0.1, -0.05) is 34.1 Å². The number of esters is 1. The zero-order valence-electron chi connectivity index (χ0n) is 20.7. The molecule has 0 bridgehead atoms. The molecule has 0 spiro atoms. The summed E-state index contributed by atoms with van der Waals surface area (Å²) in [4.78, 5) is 24.1. The molecule has 4 rings (SSSR count). The second kappa shape index (κ2) is 8.69. The number of aliphatic hydroxyl groups is 2. The van der Waals surface area contributed by atoms with Gasteiger partial charge in [-0.3, -0.25) is 9.59 Å². The molecule has 5 heteroatoms. The van der Waals surface area contributed by atoms with Crippen LogP contribution in [0.3, 0.4) is 0 Å². The second-order valence-electron chi connectivity index (χ2n) is 12.2. The third-order valence-electron chi connectivity index (χ3n) is 11.0. The van der Waals surface area contributed by atoms with Crippen molar-refractivity contribution in [3.8, 4) is 0 Å². The largest absolute Gasteiger partial charge is 0.469 e. The number of aliphatic hydroxyl groups excluding tert-OH is 2. The van der Waals surface area contributed by atoms with Gasteiger partial charge in [0.25, 0.3) is 0 Å². The highest BCUT2D eigenvalue weighted by Crippen LogP contribution is 2.69. The van der Waals surface area contributed by atoms with E-state index in [0.29, 0.717) is 42.8 Å². The first-order valence-electron chi connectivity index (χ1n) is 13.0. The van der Waals surface area contributed by atoms with Crippen LogP contribution >= 0.6 is 0 Å². The van der Waals surface area contributed by atoms with Crippen LogP contribution in [0.15, 0.2) is 0 Å². The minimum absolute atomic E-state index is 0.0247. The molecule has 5 nitrogen and oxygen atoms in total. The van der Waals surface area contributed by atoms with Crippen LogP contribution in [0.1, 0.15) is 85.5 Å². The fourth-order valence-corrected chi connectivity index (χ4v) is 9.50. The van der Waals surface area contributed by atoms with Gasteiger partial charge in [0, 0.05) is 19.3 Å². The number of carbonyl (C=O) groups is 2. The lowest BCUT2D eigenvalue weighted by molar-refractivity contribution is -0.227. The number of ketones is 1. The topological polar surface area (TPSA) is 83.8 Å². The van der Waals surface area contributed by atoms with E-state index in [0.717, 1.165) is 38.5 Å². The van der Waals surface area contributed by atoms with Crippen molar-refractivity contribution in [3.63, 3.8) is 0 Å². The van der Waals surface area contributed by atoms with E-state index in [4.69, 9.17) is 4.74 Å². The second-order valence-corrected chi connectivity index (χ2v) is 12.2. The molecule has 0 aliphatic heterocycles. The van der Waals surface area contributed by atoms with Crippen molar-refractivity contribution in [2.75, 3.05) is 7.11 Å². The molecule has 4 aliphatic rings. The van der Waals surface area contributed by atoms with E-state index >= 15 is 0 Å². The van der Waals surface area contributed by atoms with E-state index < -0.39 is 12.2 Å². The van der Waals surface area contributed by atoms with Crippen LogP contribution in [0.25, 0.3) is 0 Å². The van der Waals surface area contributed by atoms with E-state index in [1.54, 1.807) is 0 Å². The lowest BCUT2D eigenvalue weighted by Gasteiger charge is -2.65. The number of rotatable bonds is 5. The summed E-state index contributed by atoms with van der Waals surface area (Å²) >= 11 is 0. The minimum Gasteiger partial charge on any atom is -0.469 e. The average molecular weight is 449 g/mol. The smallest absolute Gasteiger partial charge is 0.305 e. The van der Waals surface area contributed by atoms with Gasteiger partial charge in [0.15, 0.2) is 0 Å². The number of ether oxygens (including phenoxy) is 1. The molecule has 4 saturated carbocycles. The Morgan fingerprint density at radius 2 is 1.91 bits per heavy atom. The summed E-state index contributed by atoms with van der Waals surface area (Å²) in [6.07, 6.45) is 6.24.